The molecule has 17 heavy (non-hydrogen) atoms. The van der Waals surface area contributed by atoms with Crippen LogP contribution in [0.1, 0.15) is 18.4 Å². The van der Waals surface area contributed by atoms with E-state index in [1.807, 2.05) is 0 Å². The van der Waals surface area contributed by atoms with E-state index in [1.54, 1.807) is 0 Å². The van der Waals surface area contributed by atoms with Gasteiger partial charge in [0.1, 0.15) is 5.82 Å². The summed E-state index contributed by atoms with van der Waals surface area (Å²) in [5.74, 6) is -0.521. The molecule has 7 heteroatoms. The number of benzene rings is 1. The Morgan fingerprint density at radius 3 is 2.59 bits per heavy atom. The van der Waals surface area contributed by atoms with Crippen molar-refractivity contribution in [3.63, 3.8) is 0 Å². The second-order valence-corrected chi connectivity index (χ2v) is 5.93. The first-order valence-corrected chi connectivity index (χ1v) is 7.00. The Morgan fingerprint density at radius 2 is 2.12 bits per heavy atom. The molecule has 0 atom stereocenters. The maximum absolute atomic E-state index is 13.5. The molecule has 94 valence electrons. The van der Waals surface area contributed by atoms with Crippen LogP contribution in [0.2, 0.25) is 5.02 Å². The number of nitrogens with two attached hydrogens (primary N) is 1. The fourth-order valence-electron chi connectivity index (χ4n) is 1.63. The smallest absolute Gasteiger partial charge is 0.216 e. The molecule has 0 amide bonds. The van der Waals surface area contributed by atoms with Crippen LogP contribution in [0, 0.1) is 5.82 Å². The van der Waals surface area contributed by atoms with Gasteiger partial charge in [-0.15, -0.1) is 0 Å². The van der Waals surface area contributed by atoms with Gasteiger partial charge in [-0.25, -0.2) is 9.53 Å². The molecule has 1 aliphatic rings. The zero-order valence-electron chi connectivity index (χ0n) is 8.94. The van der Waals surface area contributed by atoms with Gasteiger partial charge in [0.05, 0.1) is 0 Å². The minimum Gasteiger partial charge on any atom is -0.216 e. The summed E-state index contributed by atoms with van der Waals surface area (Å²) in [6.07, 6.45) is 1.50. The first kappa shape index (κ1) is 12.8. The van der Waals surface area contributed by atoms with Crippen LogP contribution in [-0.2, 0) is 16.8 Å². The van der Waals surface area contributed by atoms with E-state index >= 15 is 0 Å². The molecule has 1 aromatic carbocycles. The monoisotopic (exact) mass is 278 g/mol. The second kappa shape index (κ2) is 4.53. The van der Waals surface area contributed by atoms with Gasteiger partial charge in [0.25, 0.3) is 10.2 Å². The van der Waals surface area contributed by atoms with Crippen LogP contribution in [0.3, 0.4) is 0 Å². The molecule has 1 saturated carbocycles. The Labute approximate surface area is 104 Å². The molecule has 0 radical (unpaired) electrons. The zero-order valence-corrected chi connectivity index (χ0v) is 10.5. The van der Waals surface area contributed by atoms with Gasteiger partial charge in [0.15, 0.2) is 0 Å². The Morgan fingerprint density at radius 1 is 1.47 bits per heavy atom. The van der Waals surface area contributed by atoms with Gasteiger partial charge in [-0.3, -0.25) is 0 Å². The normalized spacial score (nSPS) is 16.5. The summed E-state index contributed by atoms with van der Waals surface area (Å²) in [6, 6.07) is 4.11. The second-order valence-electron chi connectivity index (χ2n) is 4.02. The molecule has 2 rings (SSSR count). The fraction of sp³-hybridized carbons (Fsp3) is 0.400. The summed E-state index contributed by atoms with van der Waals surface area (Å²) in [5.41, 5.74) is 0.162. The third-order valence-electron chi connectivity index (χ3n) is 2.66. The van der Waals surface area contributed by atoms with Crippen LogP contribution in [0.25, 0.3) is 0 Å². The van der Waals surface area contributed by atoms with Crippen molar-refractivity contribution in [2.75, 3.05) is 0 Å². The van der Waals surface area contributed by atoms with Crippen molar-refractivity contribution < 1.29 is 12.8 Å². The quantitative estimate of drug-likeness (QED) is 0.910. The summed E-state index contributed by atoms with van der Waals surface area (Å²) in [6.45, 7) is -0.116. The molecule has 0 heterocycles. The van der Waals surface area contributed by atoms with Crippen LogP contribution >= 0.6 is 11.6 Å². The van der Waals surface area contributed by atoms with E-state index in [-0.39, 0.29) is 23.2 Å². The van der Waals surface area contributed by atoms with Crippen molar-refractivity contribution in [1.29, 1.82) is 0 Å². The van der Waals surface area contributed by atoms with Crippen LogP contribution in [0.4, 0.5) is 4.39 Å². The van der Waals surface area contributed by atoms with Crippen molar-refractivity contribution in [3.8, 4) is 0 Å². The van der Waals surface area contributed by atoms with E-state index in [0.717, 1.165) is 17.1 Å². The molecule has 1 aliphatic carbocycles. The highest BCUT2D eigenvalue weighted by atomic mass is 35.5. The number of halogens is 2. The van der Waals surface area contributed by atoms with Gasteiger partial charge in [0.2, 0.25) is 0 Å². The largest absolute Gasteiger partial charge is 0.277 e. The third kappa shape index (κ3) is 2.95. The van der Waals surface area contributed by atoms with E-state index in [0.29, 0.717) is 0 Å². The highest BCUT2D eigenvalue weighted by Gasteiger charge is 2.36. The van der Waals surface area contributed by atoms with Crippen molar-refractivity contribution >= 4 is 21.8 Å². The Kier molecular flexibility index (Phi) is 3.40. The van der Waals surface area contributed by atoms with Gasteiger partial charge < -0.3 is 0 Å². The van der Waals surface area contributed by atoms with Gasteiger partial charge in [0, 0.05) is 23.2 Å². The molecule has 0 bridgehead atoms. The van der Waals surface area contributed by atoms with Gasteiger partial charge in [-0.05, 0) is 25.0 Å². The van der Waals surface area contributed by atoms with E-state index in [2.05, 4.69) is 0 Å². The predicted molar refractivity (Wildman–Crippen MR) is 63.1 cm³/mol. The van der Waals surface area contributed by atoms with E-state index in [9.17, 15) is 12.8 Å². The first-order chi connectivity index (χ1) is 7.89. The molecule has 2 N–H and O–H groups in total. The van der Waals surface area contributed by atoms with E-state index < -0.39 is 16.0 Å². The maximum atomic E-state index is 13.5. The van der Waals surface area contributed by atoms with Crippen LogP contribution in [-0.4, -0.2) is 18.8 Å². The molecule has 0 saturated heterocycles. The predicted octanol–water partition coefficient (Wildman–Crippen LogP) is 1.65. The van der Waals surface area contributed by atoms with Crippen molar-refractivity contribution in [3.05, 3.63) is 34.6 Å². The summed E-state index contributed by atoms with van der Waals surface area (Å²) >= 11 is 5.85. The first-order valence-electron chi connectivity index (χ1n) is 5.12. The summed E-state index contributed by atoms with van der Waals surface area (Å²) in [4.78, 5) is 0. The maximum Gasteiger partial charge on any atom is 0.277 e. The Hall–Kier alpha value is -0.690. The van der Waals surface area contributed by atoms with Crippen molar-refractivity contribution in [2.24, 2.45) is 5.14 Å². The molecule has 0 aliphatic heterocycles. The summed E-state index contributed by atoms with van der Waals surface area (Å²) < 4.78 is 37.4. The zero-order chi connectivity index (χ0) is 12.6. The SMILES string of the molecule is NS(=O)(=O)N(Cc1c(F)cccc1Cl)C1CC1. The highest BCUT2D eigenvalue weighted by molar-refractivity contribution is 7.86. The molecule has 4 nitrogen and oxygen atoms in total. The average molecular weight is 279 g/mol. The minimum atomic E-state index is -3.83. The van der Waals surface area contributed by atoms with Gasteiger partial charge in [-0.2, -0.15) is 12.7 Å². The van der Waals surface area contributed by atoms with Crippen LogP contribution in [0.15, 0.2) is 18.2 Å². The number of nitrogens with zero attached hydrogens (tertiary/aromatic N) is 1. The minimum absolute atomic E-state index is 0.116. The van der Waals surface area contributed by atoms with Crippen molar-refractivity contribution in [2.45, 2.75) is 25.4 Å². The lowest BCUT2D eigenvalue weighted by Crippen LogP contribution is -2.38. The van der Waals surface area contributed by atoms with Crippen LogP contribution in [0.5, 0.6) is 0 Å². The third-order valence-corrected chi connectivity index (χ3v) is 4.09. The Balaban J connectivity index is 2.30. The topological polar surface area (TPSA) is 63.4 Å². The summed E-state index contributed by atoms with van der Waals surface area (Å²) in [7, 11) is -3.83. The lowest BCUT2D eigenvalue weighted by atomic mass is 10.2. The molecule has 1 aromatic rings. The van der Waals surface area contributed by atoms with E-state index in [4.69, 9.17) is 16.7 Å². The summed E-state index contributed by atoms with van der Waals surface area (Å²) in [5, 5.41) is 5.31. The van der Waals surface area contributed by atoms with Gasteiger partial charge >= 0.3 is 0 Å². The Bertz CT molecular complexity index is 511. The number of rotatable bonds is 4. The van der Waals surface area contributed by atoms with Crippen molar-refractivity contribution in [1.82, 2.24) is 4.31 Å². The molecule has 0 unspecified atom stereocenters. The lowest BCUT2D eigenvalue weighted by molar-refractivity contribution is 0.392. The molecule has 0 spiro atoms. The number of hydrogen-bond donors (Lipinski definition) is 1. The highest BCUT2D eigenvalue weighted by Crippen LogP contribution is 2.31. The standard InChI is InChI=1S/C10H12ClFN2O2S/c11-9-2-1-3-10(12)8(9)6-14(7-4-5-7)17(13,15)16/h1-3,7H,4-6H2,(H2,13,15,16). The van der Waals surface area contributed by atoms with E-state index in [1.165, 1.54) is 18.2 Å². The molecular weight excluding hydrogens is 267 g/mol. The van der Waals surface area contributed by atoms with Gasteiger partial charge in [-0.1, -0.05) is 17.7 Å². The number of hydrogen-bond acceptors (Lipinski definition) is 2. The molecule has 0 aromatic heterocycles. The molecular formula is C10H12ClFN2O2S. The lowest BCUT2D eigenvalue weighted by Gasteiger charge is -2.19. The fourth-order valence-corrected chi connectivity index (χ4v) is 2.79. The average Bonchev–Trinajstić information content (AvgIpc) is 2.99. The van der Waals surface area contributed by atoms with Crippen LogP contribution < -0.4 is 5.14 Å². The molecule has 1 fully saturated rings.